The van der Waals surface area contributed by atoms with Gasteiger partial charge in [0.1, 0.15) is 11.5 Å². The van der Waals surface area contributed by atoms with Gasteiger partial charge in [-0.2, -0.15) is 0 Å². The highest BCUT2D eigenvalue weighted by atomic mass is 16.3. The number of furan rings is 1. The summed E-state index contributed by atoms with van der Waals surface area (Å²) in [6.07, 6.45) is 6.34. The molecule has 0 aliphatic carbocycles. The molecule has 0 radical (unpaired) electrons. The number of aliphatic hydroxyl groups is 1. The molecule has 0 bridgehead atoms. The zero-order valence-electron chi connectivity index (χ0n) is 10.5. The minimum atomic E-state index is 0.303. The van der Waals surface area contributed by atoms with Gasteiger partial charge in [-0.3, -0.25) is 0 Å². The van der Waals surface area contributed by atoms with Crippen molar-refractivity contribution in [2.75, 3.05) is 6.61 Å². The highest BCUT2D eigenvalue weighted by Gasteiger charge is 2.03. The Morgan fingerprint density at radius 2 is 1.75 bits per heavy atom. The number of aryl methyl sites for hydroxylation is 2. The standard InChI is InChI=1S/C14H24O2/c1-12(2)7-8-14-10-9-13(16-14)6-4-3-5-11-15/h9-10,12,15H,3-8,11H2,1-2H3. The normalized spacial score (nSPS) is 11.2. The van der Waals surface area contributed by atoms with Crippen molar-refractivity contribution in [1.29, 1.82) is 0 Å². The van der Waals surface area contributed by atoms with Crippen molar-refractivity contribution in [2.24, 2.45) is 5.92 Å². The molecule has 1 aromatic rings. The van der Waals surface area contributed by atoms with Crippen LogP contribution in [0.3, 0.4) is 0 Å². The molecule has 0 amide bonds. The highest BCUT2D eigenvalue weighted by molar-refractivity contribution is 5.07. The van der Waals surface area contributed by atoms with Gasteiger partial charge in [0, 0.05) is 19.4 Å². The quantitative estimate of drug-likeness (QED) is 0.685. The monoisotopic (exact) mass is 224 g/mol. The molecule has 0 aliphatic rings. The minimum Gasteiger partial charge on any atom is -0.466 e. The Morgan fingerprint density at radius 1 is 1.06 bits per heavy atom. The minimum absolute atomic E-state index is 0.303. The molecule has 1 rings (SSSR count). The van der Waals surface area contributed by atoms with Crippen molar-refractivity contribution in [2.45, 2.75) is 52.4 Å². The molecule has 2 heteroatoms. The van der Waals surface area contributed by atoms with Crippen molar-refractivity contribution in [1.82, 2.24) is 0 Å². The second kappa shape index (κ2) is 7.50. The Labute approximate surface area is 98.7 Å². The van der Waals surface area contributed by atoms with Crippen molar-refractivity contribution < 1.29 is 9.52 Å². The molecule has 0 aromatic carbocycles. The molecule has 92 valence electrons. The van der Waals surface area contributed by atoms with Crippen LogP contribution in [0.4, 0.5) is 0 Å². The molecule has 0 saturated carbocycles. The maximum absolute atomic E-state index is 8.67. The molecule has 0 spiro atoms. The Morgan fingerprint density at radius 3 is 2.38 bits per heavy atom. The lowest BCUT2D eigenvalue weighted by molar-refractivity contribution is 0.282. The third kappa shape index (κ3) is 5.36. The second-order valence-corrected chi connectivity index (χ2v) is 4.83. The average Bonchev–Trinajstić information content (AvgIpc) is 2.70. The summed E-state index contributed by atoms with van der Waals surface area (Å²) in [5.41, 5.74) is 0. The van der Waals surface area contributed by atoms with Gasteiger partial charge < -0.3 is 9.52 Å². The van der Waals surface area contributed by atoms with Crippen LogP contribution in [-0.4, -0.2) is 11.7 Å². The van der Waals surface area contributed by atoms with Crippen LogP contribution >= 0.6 is 0 Å². The first kappa shape index (κ1) is 13.3. The van der Waals surface area contributed by atoms with Crippen molar-refractivity contribution in [3.63, 3.8) is 0 Å². The molecule has 1 heterocycles. The Bertz CT molecular complexity index is 276. The Balaban J connectivity index is 2.22. The zero-order chi connectivity index (χ0) is 11.8. The van der Waals surface area contributed by atoms with E-state index in [1.54, 1.807) is 0 Å². The smallest absolute Gasteiger partial charge is 0.104 e. The summed E-state index contributed by atoms with van der Waals surface area (Å²) in [4.78, 5) is 0. The summed E-state index contributed by atoms with van der Waals surface area (Å²) in [5.74, 6) is 2.95. The lowest BCUT2D eigenvalue weighted by atomic mass is 10.1. The van der Waals surface area contributed by atoms with Gasteiger partial charge in [0.15, 0.2) is 0 Å². The third-order valence-corrected chi connectivity index (χ3v) is 2.77. The zero-order valence-corrected chi connectivity index (χ0v) is 10.5. The van der Waals surface area contributed by atoms with Crippen LogP contribution in [-0.2, 0) is 12.8 Å². The van der Waals surface area contributed by atoms with E-state index in [9.17, 15) is 0 Å². The number of aliphatic hydroxyl groups excluding tert-OH is 1. The SMILES string of the molecule is CC(C)CCc1ccc(CCCCCO)o1. The topological polar surface area (TPSA) is 33.4 Å². The first-order valence-electron chi connectivity index (χ1n) is 6.41. The highest BCUT2D eigenvalue weighted by Crippen LogP contribution is 2.15. The summed E-state index contributed by atoms with van der Waals surface area (Å²) in [5, 5.41) is 8.67. The van der Waals surface area contributed by atoms with Gasteiger partial charge in [0.2, 0.25) is 0 Å². The molecule has 1 aromatic heterocycles. The van der Waals surface area contributed by atoms with Gasteiger partial charge in [-0.05, 0) is 37.3 Å². The Hall–Kier alpha value is -0.760. The van der Waals surface area contributed by atoms with Crippen LogP contribution in [0.5, 0.6) is 0 Å². The number of hydrogen-bond acceptors (Lipinski definition) is 2. The van der Waals surface area contributed by atoms with Crippen molar-refractivity contribution in [3.05, 3.63) is 23.7 Å². The number of hydrogen-bond donors (Lipinski definition) is 1. The summed E-state index contributed by atoms with van der Waals surface area (Å²) < 4.78 is 5.75. The number of unbranched alkanes of at least 4 members (excludes halogenated alkanes) is 2. The van der Waals surface area contributed by atoms with Crippen LogP contribution in [0.15, 0.2) is 16.5 Å². The van der Waals surface area contributed by atoms with Gasteiger partial charge in [0.05, 0.1) is 0 Å². The first-order valence-corrected chi connectivity index (χ1v) is 6.41. The molecule has 0 atom stereocenters. The summed E-state index contributed by atoms with van der Waals surface area (Å²) in [6.45, 7) is 4.77. The van der Waals surface area contributed by atoms with Crippen LogP contribution < -0.4 is 0 Å². The third-order valence-electron chi connectivity index (χ3n) is 2.77. The number of rotatable bonds is 8. The Kier molecular flexibility index (Phi) is 6.24. The summed E-state index contributed by atoms with van der Waals surface area (Å²) in [7, 11) is 0. The van der Waals surface area contributed by atoms with Gasteiger partial charge in [-0.1, -0.05) is 20.3 Å². The fraction of sp³-hybridized carbons (Fsp3) is 0.714. The predicted molar refractivity (Wildman–Crippen MR) is 66.5 cm³/mol. The lowest BCUT2D eigenvalue weighted by Crippen LogP contribution is -1.90. The maximum atomic E-state index is 8.67. The van der Waals surface area contributed by atoms with Gasteiger partial charge in [-0.25, -0.2) is 0 Å². The van der Waals surface area contributed by atoms with E-state index in [1.807, 2.05) is 0 Å². The van der Waals surface area contributed by atoms with Gasteiger partial charge >= 0.3 is 0 Å². The maximum Gasteiger partial charge on any atom is 0.104 e. The van der Waals surface area contributed by atoms with E-state index in [0.717, 1.165) is 49.5 Å². The molecule has 16 heavy (non-hydrogen) atoms. The van der Waals surface area contributed by atoms with E-state index < -0.39 is 0 Å². The molecule has 0 fully saturated rings. The molecule has 0 aliphatic heterocycles. The first-order chi connectivity index (χ1) is 7.72. The summed E-state index contributed by atoms with van der Waals surface area (Å²) >= 11 is 0. The average molecular weight is 224 g/mol. The van der Waals surface area contributed by atoms with E-state index in [4.69, 9.17) is 9.52 Å². The van der Waals surface area contributed by atoms with Crippen molar-refractivity contribution in [3.8, 4) is 0 Å². The molecule has 1 N–H and O–H groups in total. The fourth-order valence-electron chi connectivity index (χ4n) is 1.71. The predicted octanol–water partition coefficient (Wildman–Crippen LogP) is 3.57. The molecular weight excluding hydrogens is 200 g/mol. The van der Waals surface area contributed by atoms with E-state index in [1.165, 1.54) is 6.42 Å². The largest absolute Gasteiger partial charge is 0.466 e. The second-order valence-electron chi connectivity index (χ2n) is 4.83. The van der Waals surface area contributed by atoms with Crippen molar-refractivity contribution >= 4 is 0 Å². The molecular formula is C14H24O2. The summed E-state index contributed by atoms with van der Waals surface area (Å²) in [6, 6.07) is 4.19. The fourth-order valence-corrected chi connectivity index (χ4v) is 1.71. The molecule has 0 unspecified atom stereocenters. The van der Waals surface area contributed by atoms with Crippen LogP contribution in [0.2, 0.25) is 0 Å². The van der Waals surface area contributed by atoms with E-state index in [2.05, 4.69) is 26.0 Å². The van der Waals surface area contributed by atoms with E-state index >= 15 is 0 Å². The van der Waals surface area contributed by atoms with E-state index in [-0.39, 0.29) is 0 Å². The lowest BCUT2D eigenvalue weighted by Gasteiger charge is -2.01. The van der Waals surface area contributed by atoms with E-state index in [0.29, 0.717) is 6.61 Å². The van der Waals surface area contributed by atoms with Crippen LogP contribution in [0.25, 0.3) is 0 Å². The van der Waals surface area contributed by atoms with Gasteiger partial charge in [-0.15, -0.1) is 0 Å². The molecule has 0 saturated heterocycles. The molecule has 2 nitrogen and oxygen atoms in total. The van der Waals surface area contributed by atoms with Crippen LogP contribution in [0.1, 0.15) is 51.1 Å². The van der Waals surface area contributed by atoms with Gasteiger partial charge in [0.25, 0.3) is 0 Å². The van der Waals surface area contributed by atoms with Crippen LogP contribution in [0, 0.1) is 5.92 Å².